The normalized spacial score (nSPS) is 13.0. The molecule has 192 valence electrons. The molecule has 8 heteroatoms. The highest BCUT2D eigenvalue weighted by atomic mass is 16.1. The fraction of sp³-hybridized carbons (Fsp3) is 0.429. The highest BCUT2D eigenvalue weighted by molar-refractivity contribution is 6.01. The topological polar surface area (TPSA) is 78.1 Å². The molecule has 0 saturated carbocycles. The molecular weight excluding hydrogens is 450 g/mol. The molecule has 0 bridgehead atoms. The molecule has 1 N–H and O–H groups in total. The number of hydrazone groups is 1. The lowest BCUT2D eigenvalue weighted by Gasteiger charge is -2.21. The largest absolute Gasteiger partial charge is 0.328 e. The summed E-state index contributed by atoms with van der Waals surface area (Å²) in [5.41, 5.74) is 4.16. The van der Waals surface area contributed by atoms with Crippen molar-refractivity contribution in [2.75, 3.05) is 32.7 Å². The minimum absolute atomic E-state index is 0.246. The van der Waals surface area contributed by atoms with Crippen molar-refractivity contribution < 1.29 is 4.79 Å². The SMILES string of the molecule is CCCC(CCCCN(C)C)C(/C=C/NC(=O)c1cnn2cccnc12)=N/N(C)c1ccc(C)cc1. The second kappa shape index (κ2) is 13.5. The number of nitrogens with one attached hydrogen (secondary N) is 1. The number of rotatable bonds is 13. The van der Waals surface area contributed by atoms with Gasteiger partial charge in [-0.2, -0.15) is 10.2 Å². The first-order valence-electron chi connectivity index (χ1n) is 12.7. The molecule has 1 unspecified atom stereocenters. The molecule has 36 heavy (non-hydrogen) atoms. The van der Waals surface area contributed by atoms with Crippen LogP contribution in [0.25, 0.3) is 5.65 Å². The van der Waals surface area contributed by atoms with Crippen LogP contribution in [-0.4, -0.2) is 58.8 Å². The summed E-state index contributed by atoms with van der Waals surface area (Å²) in [6.07, 6.45) is 14.0. The standard InChI is InChI=1S/C28H39N7O/c1-6-10-23(11-7-8-19-33(3)4)26(32-34(5)24-14-12-22(2)13-15-24)16-18-30-28(36)25-21-31-35-20-9-17-29-27(25)35/h9,12-18,20-21,23H,6-8,10-11,19H2,1-5H3,(H,30,36)/b18-16+,32-26+. The molecule has 8 nitrogen and oxygen atoms in total. The summed E-state index contributed by atoms with van der Waals surface area (Å²) in [5, 5.41) is 14.0. The Morgan fingerprint density at radius 2 is 1.94 bits per heavy atom. The summed E-state index contributed by atoms with van der Waals surface area (Å²) >= 11 is 0. The van der Waals surface area contributed by atoms with Crippen LogP contribution >= 0.6 is 0 Å². The molecule has 0 radical (unpaired) electrons. The zero-order valence-corrected chi connectivity index (χ0v) is 22.2. The molecule has 0 fully saturated rings. The number of hydrogen-bond donors (Lipinski definition) is 1. The average molecular weight is 490 g/mol. The number of carbonyl (C=O) groups excluding carboxylic acids is 1. The Bertz CT molecular complexity index is 1160. The summed E-state index contributed by atoms with van der Waals surface area (Å²) in [4.78, 5) is 19.3. The lowest BCUT2D eigenvalue weighted by Crippen LogP contribution is -2.22. The minimum Gasteiger partial charge on any atom is -0.328 e. The molecular formula is C28H39N7O. The van der Waals surface area contributed by atoms with E-state index in [0.717, 1.165) is 50.0 Å². The lowest BCUT2D eigenvalue weighted by molar-refractivity contribution is 0.0971. The van der Waals surface area contributed by atoms with Gasteiger partial charge in [-0.1, -0.05) is 37.5 Å². The van der Waals surface area contributed by atoms with Gasteiger partial charge in [0.25, 0.3) is 5.91 Å². The molecule has 0 aliphatic carbocycles. The van der Waals surface area contributed by atoms with Gasteiger partial charge in [0.2, 0.25) is 0 Å². The van der Waals surface area contributed by atoms with Crippen LogP contribution in [0.4, 0.5) is 5.69 Å². The summed E-state index contributed by atoms with van der Waals surface area (Å²) in [6, 6.07) is 10.1. The molecule has 1 atom stereocenters. The summed E-state index contributed by atoms with van der Waals surface area (Å²) < 4.78 is 1.59. The van der Waals surface area contributed by atoms with Crippen molar-refractivity contribution in [2.24, 2.45) is 11.0 Å². The number of anilines is 1. The summed E-state index contributed by atoms with van der Waals surface area (Å²) in [7, 11) is 6.19. The van der Waals surface area contributed by atoms with Crippen molar-refractivity contribution in [3.05, 3.63) is 72.3 Å². The van der Waals surface area contributed by atoms with Crippen molar-refractivity contribution in [1.82, 2.24) is 24.8 Å². The van der Waals surface area contributed by atoms with Crippen LogP contribution in [0.3, 0.4) is 0 Å². The Morgan fingerprint density at radius 1 is 1.17 bits per heavy atom. The third-order valence-electron chi connectivity index (χ3n) is 6.13. The van der Waals surface area contributed by atoms with E-state index in [9.17, 15) is 4.79 Å². The van der Waals surface area contributed by atoms with E-state index in [4.69, 9.17) is 5.10 Å². The zero-order chi connectivity index (χ0) is 25.9. The van der Waals surface area contributed by atoms with Gasteiger partial charge in [-0.15, -0.1) is 0 Å². The lowest BCUT2D eigenvalue weighted by atomic mass is 9.92. The number of unbranched alkanes of at least 4 members (excludes halogenated alkanes) is 1. The van der Waals surface area contributed by atoms with Gasteiger partial charge in [0, 0.05) is 31.6 Å². The van der Waals surface area contributed by atoms with Gasteiger partial charge in [-0.3, -0.25) is 9.80 Å². The third kappa shape index (κ3) is 7.75. The maximum atomic E-state index is 12.8. The molecule has 0 aliphatic rings. The molecule has 0 spiro atoms. The van der Waals surface area contributed by atoms with Crippen molar-refractivity contribution in [2.45, 2.75) is 46.0 Å². The summed E-state index contributed by atoms with van der Waals surface area (Å²) in [6.45, 7) is 5.36. The van der Waals surface area contributed by atoms with E-state index in [1.54, 1.807) is 29.2 Å². The Hall–Kier alpha value is -3.52. The number of benzene rings is 1. The Morgan fingerprint density at radius 3 is 2.67 bits per heavy atom. The highest BCUT2D eigenvalue weighted by Gasteiger charge is 2.16. The van der Waals surface area contributed by atoms with Crippen LogP contribution < -0.4 is 10.3 Å². The fourth-order valence-electron chi connectivity index (χ4n) is 4.12. The third-order valence-corrected chi connectivity index (χ3v) is 6.13. The molecule has 2 heterocycles. The van der Waals surface area contributed by atoms with Gasteiger partial charge >= 0.3 is 0 Å². The molecule has 3 aromatic rings. The highest BCUT2D eigenvalue weighted by Crippen LogP contribution is 2.21. The average Bonchev–Trinajstić information content (AvgIpc) is 3.30. The first-order chi connectivity index (χ1) is 17.4. The minimum atomic E-state index is -0.246. The smallest absolute Gasteiger partial charge is 0.260 e. The number of hydrogen-bond acceptors (Lipinski definition) is 6. The van der Waals surface area contributed by atoms with Gasteiger partial charge in [0.15, 0.2) is 5.65 Å². The molecule has 1 aromatic carbocycles. The molecule has 2 aromatic heterocycles. The summed E-state index contributed by atoms with van der Waals surface area (Å²) in [5.74, 6) is 0.0565. The second-order valence-electron chi connectivity index (χ2n) is 9.42. The van der Waals surface area contributed by atoms with E-state index < -0.39 is 0 Å². The van der Waals surface area contributed by atoms with Crippen LogP contribution in [0.2, 0.25) is 0 Å². The molecule has 0 aliphatic heterocycles. The Kier molecular flexibility index (Phi) is 10.2. The van der Waals surface area contributed by atoms with Crippen molar-refractivity contribution in [3.8, 4) is 0 Å². The van der Waals surface area contributed by atoms with E-state index in [1.165, 1.54) is 11.8 Å². The van der Waals surface area contributed by atoms with Gasteiger partial charge in [0.1, 0.15) is 5.56 Å². The number of aryl methyl sites for hydroxylation is 1. The van der Waals surface area contributed by atoms with E-state index in [0.29, 0.717) is 17.1 Å². The van der Waals surface area contributed by atoms with Gasteiger partial charge in [-0.25, -0.2) is 9.50 Å². The maximum absolute atomic E-state index is 12.8. The Balaban J connectivity index is 1.79. The van der Waals surface area contributed by atoms with Crippen LogP contribution in [0.5, 0.6) is 0 Å². The van der Waals surface area contributed by atoms with Crippen molar-refractivity contribution >= 4 is 23.0 Å². The number of allylic oxidation sites excluding steroid dienone is 1. The van der Waals surface area contributed by atoms with Crippen molar-refractivity contribution in [1.29, 1.82) is 0 Å². The zero-order valence-electron chi connectivity index (χ0n) is 22.2. The van der Waals surface area contributed by atoms with Crippen LogP contribution in [0.1, 0.15) is 54.9 Å². The maximum Gasteiger partial charge on any atom is 0.260 e. The van der Waals surface area contributed by atoms with Gasteiger partial charge < -0.3 is 10.2 Å². The van der Waals surface area contributed by atoms with Gasteiger partial charge in [-0.05, 0) is 71.1 Å². The second-order valence-corrected chi connectivity index (χ2v) is 9.42. The number of fused-ring (bicyclic) bond motifs is 1. The first kappa shape index (κ1) is 27.1. The number of carbonyl (C=O) groups is 1. The Labute approximate surface area is 214 Å². The quantitative estimate of drug-likeness (QED) is 0.209. The van der Waals surface area contributed by atoms with E-state index in [-0.39, 0.29) is 5.91 Å². The molecule has 1 amide bonds. The predicted molar refractivity (Wildman–Crippen MR) is 147 cm³/mol. The van der Waals surface area contributed by atoms with E-state index >= 15 is 0 Å². The first-order valence-corrected chi connectivity index (χ1v) is 12.7. The number of aromatic nitrogens is 3. The fourth-order valence-corrected chi connectivity index (χ4v) is 4.12. The molecule has 0 saturated heterocycles. The predicted octanol–water partition coefficient (Wildman–Crippen LogP) is 4.92. The van der Waals surface area contributed by atoms with E-state index in [1.807, 2.05) is 18.1 Å². The number of nitrogens with zero attached hydrogens (tertiary/aromatic N) is 6. The van der Waals surface area contributed by atoms with Crippen LogP contribution in [-0.2, 0) is 0 Å². The van der Waals surface area contributed by atoms with Gasteiger partial charge in [0.05, 0.1) is 17.6 Å². The monoisotopic (exact) mass is 489 g/mol. The van der Waals surface area contributed by atoms with Crippen LogP contribution in [0, 0.1) is 12.8 Å². The number of amides is 1. The van der Waals surface area contributed by atoms with Crippen LogP contribution in [0.15, 0.2) is 66.3 Å². The van der Waals surface area contributed by atoms with Crippen molar-refractivity contribution in [3.63, 3.8) is 0 Å². The van der Waals surface area contributed by atoms with E-state index in [2.05, 4.69) is 72.5 Å². The molecule has 3 rings (SSSR count).